The van der Waals surface area contributed by atoms with Gasteiger partial charge in [0.15, 0.2) is 11.9 Å². The van der Waals surface area contributed by atoms with E-state index in [4.69, 9.17) is 18.6 Å². The normalized spacial score (nSPS) is 11.9. The number of benzene rings is 2. The number of aryl methyl sites for hydroxylation is 2. The minimum atomic E-state index is -0.960. The third kappa shape index (κ3) is 4.11. The smallest absolute Gasteiger partial charge is 0.347 e. The Labute approximate surface area is 169 Å². The van der Waals surface area contributed by atoms with Crippen LogP contribution in [0.4, 0.5) is 0 Å². The van der Waals surface area contributed by atoms with Gasteiger partial charge in [-0.2, -0.15) is 0 Å². The Bertz CT molecular complexity index is 1100. The summed E-state index contributed by atoms with van der Waals surface area (Å²) in [7, 11) is 1.58. The zero-order valence-corrected chi connectivity index (χ0v) is 17.2. The second-order valence-electron chi connectivity index (χ2n) is 6.79. The van der Waals surface area contributed by atoms with Gasteiger partial charge < -0.3 is 18.6 Å². The highest BCUT2D eigenvalue weighted by molar-refractivity contribution is 5.85. The van der Waals surface area contributed by atoms with E-state index in [1.165, 1.54) is 0 Å². The van der Waals surface area contributed by atoms with Crippen LogP contribution in [-0.2, 0) is 9.53 Å². The van der Waals surface area contributed by atoms with Crippen LogP contribution in [0.5, 0.6) is 11.5 Å². The molecular weight excluding hydrogens is 372 g/mol. The number of methoxy groups -OCH3 is 1. The van der Waals surface area contributed by atoms with Gasteiger partial charge in [-0.25, -0.2) is 4.79 Å². The average Bonchev–Trinajstić information content (AvgIpc) is 2.69. The molecule has 0 spiro atoms. The number of rotatable bonds is 6. The molecule has 0 radical (unpaired) electrons. The number of carbonyl (C=O) groups is 1. The standard InChI is InChI=1S/C23H24O6/c1-6-27-23(25)15(4)28-22-20(24)19-14(3)11-13(2)12-18(19)29-21(22)16-7-9-17(26-5)10-8-16/h7-12,15H,6H2,1-5H3. The summed E-state index contributed by atoms with van der Waals surface area (Å²) in [6.07, 6.45) is -0.960. The average molecular weight is 396 g/mol. The van der Waals surface area contributed by atoms with Crippen LogP contribution in [0, 0.1) is 13.8 Å². The summed E-state index contributed by atoms with van der Waals surface area (Å²) < 4.78 is 22.1. The second kappa shape index (κ2) is 8.39. The number of carbonyl (C=O) groups excluding carboxylic acids is 1. The SMILES string of the molecule is CCOC(=O)C(C)Oc1c(-c2ccc(OC)cc2)oc2cc(C)cc(C)c2c1=O. The third-order valence-corrected chi connectivity index (χ3v) is 4.56. The van der Waals surface area contributed by atoms with Crippen molar-refractivity contribution < 1.29 is 23.4 Å². The van der Waals surface area contributed by atoms with Gasteiger partial charge in [-0.15, -0.1) is 0 Å². The first-order valence-electron chi connectivity index (χ1n) is 9.41. The number of hydrogen-bond acceptors (Lipinski definition) is 6. The van der Waals surface area contributed by atoms with Gasteiger partial charge >= 0.3 is 5.97 Å². The van der Waals surface area contributed by atoms with Gasteiger partial charge in [-0.3, -0.25) is 4.79 Å². The molecule has 0 aliphatic heterocycles. The van der Waals surface area contributed by atoms with Crippen molar-refractivity contribution in [3.8, 4) is 22.8 Å². The molecule has 0 N–H and O–H groups in total. The molecule has 3 rings (SSSR count). The highest BCUT2D eigenvalue weighted by Crippen LogP contribution is 2.33. The Kier molecular flexibility index (Phi) is 5.92. The van der Waals surface area contributed by atoms with Crippen LogP contribution < -0.4 is 14.9 Å². The van der Waals surface area contributed by atoms with Crippen LogP contribution >= 0.6 is 0 Å². The number of hydrogen-bond donors (Lipinski definition) is 0. The molecular formula is C23H24O6. The van der Waals surface area contributed by atoms with E-state index in [1.54, 1.807) is 45.2 Å². The van der Waals surface area contributed by atoms with Crippen molar-refractivity contribution >= 4 is 16.9 Å². The quantitative estimate of drug-likeness (QED) is 0.575. The molecule has 6 nitrogen and oxygen atoms in total. The summed E-state index contributed by atoms with van der Waals surface area (Å²) >= 11 is 0. The summed E-state index contributed by atoms with van der Waals surface area (Å²) in [5, 5.41) is 0.430. The van der Waals surface area contributed by atoms with E-state index < -0.39 is 12.1 Å². The van der Waals surface area contributed by atoms with Gasteiger partial charge in [-0.05, 0) is 69.2 Å². The van der Waals surface area contributed by atoms with Crippen molar-refractivity contribution in [2.24, 2.45) is 0 Å². The fraction of sp³-hybridized carbons (Fsp3) is 0.304. The largest absolute Gasteiger partial charge is 0.497 e. The van der Waals surface area contributed by atoms with E-state index in [2.05, 4.69) is 0 Å². The van der Waals surface area contributed by atoms with Crippen molar-refractivity contribution in [3.63, 3.8) is 0 Å². The lowest BCUT2D eigenvalue weighted by molar-refractivity contribution is -0.150. The molecule has 0 bridgehead atoms. The first kappa shape index (κ1) is 20.5. The predicted octanol–water partition coefficient (Wildman–Crippen LogP) is 4.42. The minimum Gasteiger partial charge on any atom is -0.497 e. The predicted molar refractivity (Wildman–Crippen MR) is 111 cm³/mol. The summed E-state index contributed by atoms with van der Waals surface area (Å²) in [4.78, 5) is 25.4. The minimum absolute atomic E-state index is 0.0184. The van der Waals surface area contributed by atoms with Crippen LogP contribution in [0.2, 0.25) is 0 Å². The Morgan fingerprint density at radius 3 is 2.45 bits per heavy atom. The van der Waals surface area contributed by atoms with Gasteiger partial charge in [0, 0.05) is 5.56 Å². The van der Waals surface area contributed by atoms with Crippen LogP contribution in [0.25, 0.3) is 22.3 Å². The fourth-order valence-electron chi connectivity index (χ4n) is 3.20. The third-order valence-electron chi connectivity index (χ3n) is 4.56. The molecule has 2 aromatic carbocycles. The summed E-state index contributed by atoms with van der Waals surface area (Å²) in [6.45, 7) is 7.26. The molecule has 0 aliphatic rings. The maximum atomic E-state index is 13.3. The molecule has 0 fully saturated rings. The van der Waals surface area contributed by atoms with Crippen molar-refractivity contribution in [3.05, 3.63) is 57.7 Å². The lowest BCUT2D eigenvalue weighted by Crippen LogP contribution is -2.28. The molecule has 3 aromatic rings. The maximum absolute atomic E-state index is 13.3. The van der Waals surface area contributed by atoms with Crippen molar-refractivity contribution in [2.45, 2.75) is 33.8 Å². The zero-order valence-electron chi connectivity index (χ0n) is 17.2. The van der Waals surface area contributed by atoms with E-state index in [9.17, 15) is 9.59 Å². The highest BCUT2D eigenvalue weighted by Gasteiger charge is 2.24. The zero-order chi connectivity index (χ0) is 21.1. The summed E-state index contributed by atoms with van der Waals surface area (Å²) in [5.41, 5.74) is 2.53. The van der Waals surface area contributed by atoms with Gasteiger partial charge in [0.05, 0.1) is 19.1 Å². The molecule has 0 amide bonds. The lowest BCUT2D eigenvalue weighted by atomic mass is 10.0. The number of fused-ring (bicyclic) bond motifs is 1. The van der Waals surface area contributed by atoms with Gasteiger partial charge in [0.25, 0.3) is 0 Å². The van der Waals surface area contributed by atoms with Gasteiger partial charge in [0.2, 0.25) is 11.2 Å². The first-order chi connectivity index (χ1) is 13.8. The van der Waals surface area contributed by atoms with E-state index >= 15 is 0 Å². The molecule has 0 aliphatic carbocycles. The molecule has 1 unspecified atom stereocenters. The van der Waals surface area contributed by atoms with Crippen molar-refractivity contribution in [2.75, 3.05) is 13.7 Å². The monoisotopic (exact) mass is 396 g/mol. The van der Waals surface area contributed by atoms with Crippen LogP contribution in [0.1, 0.15) is 25.0 Å². The molecule has 0 saturated carbocycles. The molecule has 1 atom stereocenters. The summed E-state index contributed by atoms with van der Waals surface area (Å²) in [6, 6.07) is 10.8. The number of ether oxygens (including phenoxy) is 3. The second-order valence-corrected chi connectivity index (χ2v) is 6.79. The van der Waals surface area contributed by atoms with E-state index in [0.29, 0.717) is 22.3 Å². The van der Waals surface area contributed by atoms with Gasteiger partial charge in [-0.1, -0.05) is 6.07 Å². The van der Waals surface area contributed by atoms with E-state index in [1.807, 2.05) is 26.0 Å². The van der Waals surface area contributed by atoms with Crippen LogP contribution in [0.3, 0.4) is 0 Å². The Balaban J connectivity index is 2.23. The molecule has 0 saturated heterocycles. The Morgan fingerprint density at radius 2 is 1.83 bits per heavy atom. The van der Waals surface area contributed by atoms with Gasteiger partial charge in [0.1, 0.15) is 11.3 Å². The van der Waals surface area contributed by atoms with E-state index in [-0.39, 0.29) is 23.5 Å². The molecule has 152 valence electrons. The lowest BCUT2D eigenvalue weighted by Gasteiger charge is -2.17. The topological polar surface area (TPSA) is 75.0 Å². The Hall–Kier alpha value is -3.28. The molecule has 1 aromatic heterocycles. The summed E-state index contributed by atoms with van der Waals surface area (Å²) in [5.74, 6) is 0.362. The van der Waals surface area contributed by atoms with Crippen LogP contribution in [-0.4, -0.2) is 25.8 Å². The number of esters is 1. The Morgan fingerprint density at radius 1 is 1.14 bits per heavy atom. The fourth-order valence-corrected chi connectivity index (χ4v) is 3.20. The maximum Gasteiger partial charge on any atom is 0.347 e. The van der Waals surface area contributed by atoms with Crippen molar-refractivity contribution in [1.29, 1.82) is 0 Å². The highest BCUT2D eigenvalue weighted by atomic mass is 16.6. The van der Waals surface area contributed by atoms with Crippen molar-refractivity contribution in [1.82, 2.24) is 0 Å². The first-order valence-corrected chi connectivity index (χ1v) is 9.41. The molecule has 1 heterocycles. The van der Waals surface area contributed by atoms with E-state index in [0.717, 1.165) is 11.1 Å². The molecule has 29 heavy (non-hydrogen) atoms. The molecule has 6 heteroatoms. The van der Waals surface area contributed by atoms with Crippen LogP contribution in [0.15, 0.2) is 45.6 Å².